The van der Waals surface area contributed by atoms with Crippen LogP contribution in [-0.2, 0) is 6.42 Å². The van der Waals surface area contributed by atoms with Crippen LogP contribution in [0.2, 0.25) is 0 Å². The van der Waals surface area contributed by atoms with Gasteiger partial charge in [0.15, 0.2) is 11.6 Å². The van der Waals surface area contributed by atoms with Crippen LogP contribution < -0.4 is 5.73 Å². The Kier molecular flexibility index (Phi) is 3.19. The number of nitrogens with two attached hydrogens (primary N) is 1. The van der Waals surface area contributed by atoms with Gasteiger partial charge in [-0.15, -0.1) is 0 Å². The second-order valence-corrected chi connectivity index (χ2v) is 4.25. The number of hydrogen-bond donors (Lipinski definition) is 1. The predicted octanol–water partition coefficient (Wildman–Crippen LogP) is 2.06. The van der Waals surface area contributed by atoms with Gasteiger partial charge >= 0.3 is 0 Å². The summed E-state index contributed by atoms with van der Waals surface area (Å²) in [7, 11) is 0. The summed E-state index contributed by atoms with van der Waals surface area (Å²) in [6, 6.07) is 1.91. The lowest BCUT2D eigenvalue weighted by Crippen LogP contribution is -2.34. The van der Waals surface area contributed by atoms with Crippen LogP contribution in [0, 0.1) is 11.6 Å². The van der Waals surface area contributed by atoms with Crippen LogP contribution >= 0.6 is 0 Å². The van der Waals surface area contributed by atoms with Gasteiger partial charge in [-0.05, 0) is 38.0 Å². The van der Waals surface area contributed by atoms with Crippen molar-refractivity contribution < 1.29 is 13.6 Å². The molecule has 0 radical (unpaired) electrons. The molecule has 1 aromatic carbocycles. The number of rotatable bonds is 3. The first-order valence-electron chi connectivity index (χ1n) is 4.55. The highest BCUT2D eigenvalue weighted by Crippen LogP contribution is 2.17. The molecule has 2 nitrogen and oxygen atoms in total. The molecule has 0 fully saturated rings. The molecule has 0 atom stereocenters. The molecule has 0 unspecified atom stereocenters. The van der Waals surface area contributed by atoms with Gasteiger partial charge in [0, 0.05) is 11.1 Å². The monoisotopic (exact) mass is 213 g/mol. The number of aldehydes is 1. The van der Waals surface area contributed by atoms with Crippen LogP contribution in [-0.4, -0.2) is 11.8 Å². The average molecular weight is 213 g/mol. The summed E-state index contributed by atoms with van der Waals surface area (Å²) in [5.74, 6) is -1.98. The molecule has 0 spiro atoms. The second kappa shape index (κ2) is 4.06. The zero-order valence-electron chi connectivity index (χ0n) is 8.68. The van der Waals surface area contributed by atoms with Crippen LogP contribution in [0.15, 0.2) is 12.1 Å². The minimum Gasteiger partial charge on any atom is -0.325 e. The first-order valence-corrected chi connectivity index (χ1v) is 4.55. The lowest BCUT2D eigenvalue weighted by atomic mass is 9.93. The molecular formula is C11H13F2NO. The lowest BCUT2D eigenvalue weighted by Gasteiger charge is -2.19. The Bertz CT molecular complexity index is 383. The summed E-state index contributed by atoms with van der Waals surface area (Å²) >= 11 is 0. The number of carbonyl (C=O) groups excluding carboxylic acids is 1. The van der Waals surface area contributed by atoms with Crippen LogP contribution in [0.25, 0.3) is 0 Å². The molecule has 1 rings (SSSR count). The third-order valence-corrected chi connectivity index (χ3v) is 1.96. The molecular weight excluding hydrogens is 200 g/mol. The standard InChI is InChI=1S/C11H13F2NO/c1-11(2,14)5-7-3-9(12)10(13)4-8(7)6-15/h3-4,6H,5,14H2,1-2H3. The minimum atomic E-state index is -1.02. The zero-order valence-corrected chi connectivity index (χ0v) is 8.68. The van der Waals surface area contributed by atoms with Crippen LogP contribution in [0.1, 0.15) is 29.8 Å². The summed E-state index contributed by atoms with van der Waals surface area (Å²) in [5, 5.41) is 0. The Labute approximate surface area is 87.1 Å². The number of halogens is 2. The van der Waals surface area contributed by atoms with Gasteiger partial charge in [0.05, 0.1) is 0 Å². The second-order valence-electron chi connectivity index (χ2n) is 4.25. The van der Waals surface area contributed by atoms with Crippen molar-refractivity contribution in [2.45, 2.75) is 25.8 Å². The average Bonchev–Trinajstić information content (AvgIpc) is 2.08. The van der Waals surface area contributed by atoms with E-state index in [4.69, 9.17) is 5.73 Å². The Morgan fingerprint density at radius 3 is 2.33 bits per heavy atom. The molecule has 82 valence electrons. The fraction of sp³-hybridized carbons (Fsp3) is 0.364. The first kappa shape index (κ1) is 11.8. The van der Waals surface area contributed by atoms with Crippen LogP contribution in [0.5, 0.6) is 0 Å². The van der Waals surface area contributed by atoms with E-state index in [0.29, 0.717) is 18.3 Å². The number of carbonyl (C=O) groups is 1. The van der Waals surface area contributed by atoms with Gasteiger partial charge in [-0.2, -0.15) is 0 Å². The Morgan fingerprint density at radius 2 is 1.87 bits per heavy atom. The van der Waals surface area contributed by atoms with E-state index >= 15 is 0 Å². The van der Waals surface area contributed by atoms with E-state index in [1.54, 1.807) is 13.8 Å². The number of benzene rings is 1. The van der Waals surface area contributed by atoms with E-state index in [1.807, 2.05) is 0 Å². The Balaban J connectivity index is 3.16. The van der Waals surface area contributed by atoms with E-state index in [0.717, 1.165) is 12.1 Å². The summed E-state index contributed by atoms with van der Waals surface area (Å²) < 4.78 is 25.8. The molecule has 0 bridgehead atoms. The molecule has 0 aliphatic rings. The molecule has 0 saturated heterocycles. The summed E-state index contributed by atoms with van der Waals surface area (Å²) in [5.41, 5.74) is 5.75. The van der Waals surface area contributed by atoms with Gasteiger partial charge in [0.1, 0.15) is 6.29 Å². The van der Waals surface area contributed by atoms with Gasteiger partial charge in [0.25, 0.3) is 0 Å². The molecule has 0 aliphatic heterocycles. The SMILES string of the molecule is CC(C)(N)Cc1cc(F)c(F)cc1C=O. The van der Waals surface area contributed by atoms with E-state index in [1.165, 1.54) is 0 Å². The quantitative estimate of drug-likeness (QED) is 0.781. The van der Waals surface area contributed by atoms with Crippen molar-refractivity contribution in [3.63, 3.8) is 0 Å². The van der Waals surface area contributed by atoms with E-state index in [-0.39, 0.29) is 5.56 Å². The highest BCUT2D eigenvalue weighted by atomic mass is 19.2. The fourth-order valence-electron chi connectivity index (χ4n) is 1.36. The molecule has 0 amide bonds. The third-order valence-electron chi connectivity index (χ3n) is 1.96. The van der Waals surface area contributed by atoms with E-state index in [9.17, 15) is 13.6 Å². The van der Waals surface area contributed by atoms with Crippen LogP contribution in [0.3, 0.4) is 0 Å². The van der Waals surface area contributed by atoms with Gasteiger partial charge in [-0.25, -0.2) is 8.78 Å². The molecule has 0 saturated carbocycles. The fourth-order valence-corrected chi connectivity index (χ4v) is 1.36. The lowest BCUT2D eigenvalue weighted by molar-refractivity contribution is 0.112. The molecule has 1 aromatic rings. The molecule has 0 aromatic heterocycles. The highest BCUT2D eigenvalue weighted by molar-refractivity contribution is 5.77. The highest BCUT2D eigenvalue weighted by Gasteiger charge is 2.16. The van der Waals surface area contributed by atoms with Crippen molar-refractivity contribution in [1.82, 2.24) is 0 Å². The molecule has 4 heteroatoms. The maximum atomic E-state index is 12.9. The van der Waals surface area contributed by atoms with E-state index in [2.05, 4.69) is 0 Å². The zero-order chi connectivity index (χ0) is 11.6. The van der Waals surface area contributed by atoms with Gasteiger partial charge < -0.3 is 5.73 Å². The molecule has 2 N–H and O–H groups in total. The van der Waals surface area contributed by atoms with Crippen molar-refractivity contribution in [1.29, 1.82) is 0 Å². The summed E-state index contributed by atoms with van der Waals surface area (Å²) in [6.45, 7) is 3.51. The largest absolute Gasteiger partial charge is 0.325 e. The van der Waals surface area contributed by atoms with Gasteiger partial charge in [-0.1, -0.05) is 0 Å². The Hall–Kier alpha value is -1.29. The third kappa shape index (κ3) is 3.09. The molecule has 15 heavy (non-hydrogen) atoms. The maximum absolute atomic E-state index is 12.9. The van der Waals surface area contributed by atoms with Crippen molar-refractivity contribution in [2.75, 3.05) is 0 Å². The minimum absolute atomic E-state index is 0.146. The van der Waals surface area contributed by atoms with Crippen molar-refractivity contribution in [3.05, 3.63) is 34.9 Å². The van der Waals surface area contributed by atoms with Crippen molar-refractivity contribution in [2.24, 2.45) is 5.73 Å². The van der Waals surface area contributed by atoms with Crippen molar-refractivity contribution >= 4 is 6.29 Å². The van der Waals surface area contributed by atoms with Crippen LogP contribution in [0.4, 0.5) is 8.78 Å². The first-order chi connectivity index (χ1) is 6.83. The summed E-state index contributed by atoms with van der Waals surface area (Å²) in [6.07, 6.45) is 0.821. The molecule has 0 aliphatic carbocycles. The predicted molar refractivity (Wildman–Crippen MR) is 53.7 cm³/mol. The van der Waals surface area contributed by atoms with Crippen molar-refractivity contribution in [3.8, 4) is 0 Å². The smallest absolute Gasteiger partial charge is 0.159 e. The van der Waals surface area contributed by atoms with Gasteiger partial charge in [0.2, 0.25) is 0 Å². The van der Waals surface area contributed by atoms with Gasteiger partial charge in [-0.3, -0.25) is 4.79 Å². The summed E-state index contributed by atoms with van der Waals surface area (Å²) in [4.78, 5) is 10.6. The topological polar surface area (TPSA) is 43.1 Å². The number of hydrogen-bond acceptors (Lipinski definition) is 2. The maximum Gasteiger partial charge on any atom is 0.159 e. The molecule has 0 heterocycles. The Morgan fingerprint density at radius 1 is 1.33 bits per heavy atom. The normalized spacial score (nSPS) is 11.5. The van der Waals surface area contributed by atoms with E-state index < -0.39 is 17.2 Å².